The Morgan fingerprint density at radius 1 is 0.422 bits per heavy atom. The van der Waals surface area contributed by atoms with Gasteiger partial charge in [-0.05, 0) is 12.8 Å². The van der Waals surface area contributed by atoms with Crippen LogP contribution in [0.1, 0.15) is 226 Å². The molecule has 1 N–H and O–H groups in total. The highest BCUT2D eigenvalue weighted by atomic mass is 16.6. The van der Waals surface area contributed by atoms with E-state index in [4.69, 9.17) is 9.47 Å². The summed E-state index contributed by atoms with van der Waals surface area (Å²) in [6.45, 7) is 4.15. The van der Waals surface area contributed by atoms with E-state index >= 15 is 0 Å². The maximum absolute atomic E-state index is 12.2. The van der Waals surface area contributed by atoms with Crippen molar-refractivity contribution in [2.75, 3.05) is 13.2 Å². The van der Waals surface area contributed by atoms with Crippen molar-refractivity contribution < 1.29 is 24.2 Å². The minimum Gasteiger partial charge on any atom is -0.462 e. The van der Waals surface area contributed by atoms with E-state index in [1.165, 1.54) is 167 Å². The summed E-state index contributed by atoms with van der Waals surface area (Å²) in [6.07, 6.45) is 40.3. The molecule has 0 spiro atoms. The zero-order chi connectivity index (χ0) is 32.9. The molecular weight excluding hydrogens is 560 g/mol. The topological polar surface area (TPSA) is 72.8 Å². The molecule has 268 valence electrons. The lowest BCUT2D eigenvalue weighted by molar-refractivity contribution is -0.161. The van der Waals surface area contributed by atoms with Gasteiger partial charge in [-0.2, -0.15) is 0 Å². The van der Waals surface area contributed by atoms with Crippen LogP contribution >= 0.6 is 0 Å². The van der Waals surface area contributed by atoms with E-state index in [0.717, 1.165) is 32.1 Å². The first-order valence-corrected chi connectivity index (χ1v) is 20.1. The van der Waals surface area contributed by atoms with Crippen LogP contribution in [-0.4, -0.2) is 36.4 Å². The summed E-state index contributed by atoms with van der Waals surface area (Å²) < 4.78 is 10.6. The molecular formula is C40H78O5. The Hall–Kier alpha value is -1.10. The predicted octanol–water partition coefficient (Wildman–Crippen LogP) is 12.3. The van der Waals surface area contributed by atoms with Crippen molar-refractivity contribution in [1.29, 1.82) is 0 Å². The molecule has 0 amide bonds. The highest BCUT2D eigenvalue weighted by Crippen LogP contribution is 2.16. The average Bonchev–Trinajstić information content (AvgIpc) is 3.04. The van der Waals surface area contributed by atoms with Crippen LogP contribution in [0.2, 0.25) is 0 Å². The monoisotopic (exact) mass is 639 g/mol. The van der Waals surface area contributed by atoms with Gasteiger partial charge in [0.1, 0.15) is 6.61 Å². The molecule has 0 fully saturated rings. The van der Waals surface area contributed by atoms with Gasteiger partial charge >= 0.3 is 11.9 Å². The molecule has 5 heteroatoms. The molecule has 0 heterocycles. The van der Waals surface area contributed by atoms with Crippen LogP contribution in [0.5, 0.6) is 0 Å². The summed E-state index contributed by atoms with van der Waals surface area (Å²) in [5.74, 6) is -0.577. The first-order chi connectivity index (χ1) is 22.1. The Kier molecular flexibility index (Phi) is 36.4. The summed E-state index contributed by atoms with van der Waals surface area (Å²) in [5.41, 5.74) is 0. The molecule has 45 heavy (non-hydrogen) atoms. The average molecular weight is 639 g/mol. The number of hydrogen-bond donors (Lipinski definition) is 1. The number of ether oxygens (including phenoxy) is 2. The van der Waals surface area contributed by atoms with E-state index in [1.54, 1.807) is 0 Å². The predicted molar refractivity (Wildman–Crippen MR) is 192 cm³/mol. The van der Waals surface area contributed by atoms with E-state index < -0.39 is 6.10 Å². The van der Waals surface area contributed by atoms with E-state index in [-0.39, 0.29) is 25.2 Å². The summed E-state index contributed by atoms with van der Waals surface area (Å²) in [6, 6.07) is 0. The maximum atomic E-state index is 12.2. The van der Waals surface area contributed by atoms with Gasteiger partial charge < -0.3 is 14.6 Å². The zero-order valence-corrected chi connectivity index (χ0v) is 30.4. The fourth-order valence-electron chi connectivity index (χ4n) is 6.08. The SMILES string of the molecule is CCCCCCCCCCCCCCCCCCCCCCC(=O)OC(CO)COC(=O)CCCCCCCCCCCCC. The molecule has 0 rings (SSSR count). The molecule has 0 aliphatic rings. The normalized spacial score (nSPS) is 12.0. The molecule has 0 saturated carbocycles. The van der Waals surface area contributed by atoms with Crippen molar-refractivity contribution in [1.82, 2.24) is 0 Å². The van der Waals surface area contributed by atoms with Crippen molar-refractivity contribution in [2.24, 2.45) is 0 Å². The fraction of sp³-hybridized carbons (Fsp3) is 0.950. The number of rotatable bonds is 37. The lowest BCUT2D eigenvalue weighted by Crippen LogP contribution is -2.28. The van der Waals surface area contributed by atoms with Crippen LogP contribution in [0.4, 0.5) is 0 Å². The van der Waals surface area contributed by atoms with Gasteiger partial charge in [0.25, 0.3) is 0 Å². The van der Waals surface area contributed by atoms with Crippen molar-refractivity contribution in [3.8, 4) is 0 Å². The van der Waals surface area contributed by atoms with Gasteiger partial charge in [0.15, 0.2) is 6.10 Å². The Balaban J connectivity index is 3.46. The van der Waals surface area contributed by atoms with Gasteiger partial charge in [0, 0.05) is 12.8 Å². The maximum Gasteiger partial charge on any atom is 0.306 e. The minimum atomic E-state index is -0.760. The second kappa shape index (κ2) is 37.4. The quantitative estimate of drug-likeness (QED) is 0.0541. The summed E-state index contributed by atoms with van der Waals surface area (Å²) in [7, 11) is 0. The molecule has 0 aromatic heterocycles. The highest BCUT2D eigenvalue weighted by Gasteiger charge is 2.16. The van der Waals surface area contributed by atoms with Crippen LogP contribution < -0.4 is 0 Å². The molecule has 0 bridgehead atoms. The van der Waals surface area contributed by atoms with Crippen LogP contribution in [0.25, 0.3) is 0 Å². The van der Waals surface area contributed by atoms with Gasteiger partial charge in [-0.25, -0.2) is 0 Å². The highest BCUT2D eigenvalue weighted by molar-refractivity contribution is 5.70. The van der Waals surface area contributed by atoms with Crippen LogP contribution in [0, 0.1) is 0 Å². The van der Waals surface area contributed by atoms with Crippen molar-refractivity contribution in [3.05, 3.63) is 0 Å². The fourth-order valence-corrected chi connectivity index (χ4v) is 6.08. The second-order valence-corrected chi connectivity index (χ2v) is 13.7. The molecule has 5 nitrogen and oxygen atoms in total. The van der Waals surface area contributed by atoms with Crippen molar-refractivity contribution >= 4 is 11.9 Å². The molecule has 0 aliphatic heterocycles. The first-order valence-electron chi connectivity index (χ1n) is 20.1. The largest absolute Gasteiger partial charge is 0.462 e. The lowest BCUT2D eigenvalue weighted by Gasteiger charge is -2.15. The zero-order valence-electron chi connectivity index (χ0n) is 30.4. The molecule has 0 aromatic rings. The van der Waals surface area contributed by atoms with E-state index in [1.807, 2.05) is 0 Å². The smallest absolute Gasteiger partial charge is 0.306 e. The summed E-state index contributed by atoms with van der Waals surface area (Å²) in [5, 5.41) is 9.54. The van der Waals surface area contributed by atoms with E-state index in [0.29, 0.717) is 12.8 Å². The number of aliphatic hydroxyl groups is 1. The van der Waals surface area contributed by atoms with Gasteiger partial charge in [0.2, 0.25) is 0 Å². The van der Waals surface area contributed by atoms with Crippen LogP contribution in [0.3, 0.4) is 0 Å². The van der Waals surface area contributed by atoms with E-state index in [2.05, 4.69) is 13.8 Å². The molecule has 0 radical (unpaired) electrons. The Bertz CT molecular complexity index is 607. The van der Waals surface area contributed by atoms with Crippen molar-refractivity contribution in [3.63, 3.8) is 0 Å². The third kappa shape index (κ3) is 35.6. The third-order valence-electron chi connectivity index (χ3n) is 9.15. The lowest BCUT2D eigenvalue weighted by atomic mass is 10.0. The Morgan fingerprint density at radius 3 is 0.978 bits per heavy atom. The van der Waals surface area contributed by atoms with Crippen molar-refractivity contribution in [2.45, 2.75) is 232 Å². The Morgan fingerprint density at radius 2 is 0.689 bits per heavy atom. The summed E-state index contributed by atoms with van der Waals surface area (Å²) in [4.78, 5) is 24.2. The molecule has 1 unspecified atom stereocenters. The van der Waals surface area contributed by atoms with Gasteiger partial charge in [-0.15, -0.1) is 0 Å². The summed E-state index contributed by atoms with van der Waals surface area (Å²) >= 11 is 0. The number of aliphatic hydroxyl groups excluding tert-OH is 1. The van der Waals surface area contributed by atoms with Gasteiger partial charge in [-0.1, -0.05) is 200 Å². The molecule has 0 saturated heterocycles. The first kappa shape index (κ1) is 43.9. The number of unbranched alkanes of at least 4 members (excludes halogenated alkanes) is 29. The number of carbonyl (C=O) groups excluding carboxylic acids is 2. The number of carbonyl (C=O) groups is 2. The second-order valence-electron chi connectivity index (χ2n) is 13.7. The standard InChI is InChI=1S/C40H78O5/c1-3-5-7-9-11-13-15-16-17-18-19-20-21-22-23-25-27-29-31-33-35-40(43)45-38(36-41)37-44-39(42)34-32-30-28-26-24-14-12-10-8-6-4-2/h38,41H,3-37H2,1-2H3. The van der Waals surface area contributed by atoms with Crippen LogP contribution in [-0.2, 0) is 19.1 Å². The molecule has 1 atom stereocenters. The van der Waals surface area contributed by atoms with Gasteiger partial charge in [-0.3, -0.25) is 9.59 Å². The molecule has 0 aromatic carbocycles. The van der Waals surface area contributed by atoms with Crippen LogP contribution in [0.15, 0.2) is 0 Å². The Labute approximate surface area is 280 Å². The van der Waals surface area contributed by atoms with E-state index in [9.17, 15) is 14.7 Å². The number of esters is 2. The van der Waals surface area contributed by atoms with Gasteiger partial charge in [0.05, 0.1) is 6.61 Å². The minimum absolute atomic E-state index is 0.0572. The molecule has 0 aliphatic carbocycles. The number of hydrogen-bond acceptors (Lipinski definition) is 5. The third-order valence-corrected chi connectivity index (χ3v) is 9.15.